The van der Waals surface area contributed by atoms with Crippen molar-refractivity contribution in [1.82, 2.24) is 0 Å². The van der Waals surface area contributed by atoms with E-state index in [9.17, 15) is 0 Å². The number of hydrogen-bond donors (Lipinski definition) is 1. The Kier molecular flexibility index (Phi) is 3.17. The molecule has 0 radical (unpaired) electrons. The zero-order valence-corrected chi connectivity index (χ0v) is 10.7. The highest BCUT2D eigenvalue weighted by molar-refractivity contribution is 9.10. The minimum absolute atomic E-state index is 0.238. The van der Waals surface area contributed by atoms with Crippen molar-refractivity contribution in [2.75, 3.05) is 11.4 Å². The fourth-order valence-electron chi connectivity index (χ4n) is 2.11. The molecule has 0 spiro atoms. The molecule has 1 heterocycles. The van der Waals surface area contributed by atoms with E-state index in [0.29, 0.717) is 11.6 Å². The molecule has 0 aromatic heterocycles. The molecule has 0 saturated carbocycles. The lowest BCUT2D eigenvalue weighted by Crippen LogP contribution is -2.36. The van der Waals surface area contributed by atoms with E-state index in [1.165, 1.54) is 0 Å². The summed E-state index contributed by atoms with van der Waals surface area (Å²) in [6.45, 7) is 3.12. The van der Waals surface area contributed by atoms with E-state index in [-0.39, 0.29) is 6.04 Å². The first-order valence-corrected chi connectivity index (χ1v) is 6.14. The van der Waals surface area contributed by atoms with Crippen LogP contribution in [-0.4, -0.2) is 18.6 Å². The van der Waals surface area contributed by atoms with Gasteiger partial charge in [0.25, 0.3) is 0 Å². The number of anilines is 1. The molecule has 1 aromatic carbocycles. The van der Waals surface area contributed by atoms with Gasteiger partial charge in [-0.3, -0.25) is 0 Å². The van der Waals surface area contributed by atoms with E-state index in [1.807, 2.05) is 18.2 Å². The summed E-state index contributed by atoms with van der Waals surface area (Å²) in [5, 5.41) is 8.81. The SMILES string of the molecule is CC1C(N)CCN1c1ccc(C#N)cc1Br. The van der Waals surface area contributed by atoms with Crippen LogP contribution in [0.25, 0.3) is 0 Å². The van der Waals surface area contributed by atoms with Gasteiger partial charge in [0.15, 0.2) is 0 Å². The van der Waals surface area contributed by atoms with Gasteiger partial charge in [0.05, 0.1) is 17.3 Å². The summed E-state index contributed by atoms with van der Waals surface area (Å²) in [5.41, 5.74) is 7.80. The van der Waals surface area contributed by atoms with Gasteiger partial charge in [0.2, 0.25) is 0 Å². The van der Waals surface area contributed by atoms with Crippen LogP contribution in [0.3, 0.4) is 0 Å². The van der Waals surface area contributed by atoms with Crippen LogP contribution in [0.1, 0.15) is 18.9 Å². The summed E-state index contributed by atoms with van der Waals surface area (Å²) in [6, 6.07) is 8.40. The molecule has 2 unspecified atom stereocenters. The standard InChI is InChI=1S/C12H14BrN3/c1-8-11(15)4-5-16(8)12-3-2-9(7-14)6-10(12)13/h2-3,6,8,11H,4-5,15H2,1H3. The van der Waals surface area contributed by atoms with Gasteiger partial charge >= 0.3 is 0 Å². The summed E-state index contributed by atoms with van der Waals surface area (Å²) < 4.78 is 0.965. The Balaban J connectivity index is 2.32. The fourth-order valence-corrected chi connectivity index (χ4v) is 2.72. The number of hydrogen-bond acceptors (Lipinski definition) is 3. The highest BCUT2D eigenvalue weighted by Gasteiger charge is 2.28. The normalized spacial score (nSPS) is 24.5. The van der Waals surface area contributed by atoms with Crippen molar-refractivity contribution >= 4 is 21.6 Å². The first-order valence-electron chi connectivity index (χ1n) is 5.35. The molecule has 16 heavy (non-hydrogen) atoms. The number of nitriles is 1. The fraction of sp³-hybridized carbons (Fsp3) is 0.417. The Morgan fingerprint density at radius 2 is 2.31 bits per heavy atom. The lowest BCUT2D eigenvalue weighted by molar-refractivity contribution is 0.624. The first-order chi connectivity index (χ1) is 7.63. The topological polar surface area (TPSA) is 53.0 Å². The van der Waals surface area contributed by atoms with Gasteiger partial charge in [0.1, 0.15) is 0 Å². The molecule has 2 atom stereocenters. The molecule has 1 fully saturated rings. The van der Waals surface area contributed by atoms with Crippen LogP contribution in [0.2, 0.25) is 0 Å². The largest absolute Gasteiger partial charge is 0.366 e. The van der Waals surface area contributed by atoms with Crippen LogP contribution < -0.4 is 10.6 Å². The molecule has 1 aliphatic heterocycles. The van der Waals surface area contributed by atoms with E-state index in [2.05, 4.69) is 33.8 Å². The lowest BCUT2D eigenvalue weighted by atomic mass is 10.1. The average molecular weight is 280 g/mol. The Morgan fingerprint density at radius 1 is 1.56 bits per heavy atom. The second-order valence-electron chi connectivity index (χ2n) is 4.16. The summed E-state index contributed by atoms with van der Waals surface area (Å²) in [4.78, 5) is 2.29. The van der Waals surface area contributed by atoms with E-state index >= 15 is 0 Å². The zero-order valence-electron chi connectivity index (χ0n) is 9.15. The predicted molar refractivity (Wildman–Crippen MR) is 68.3 cm³/mol. The molecule has 0 amide bonds. The molecule has 0 bridgehead atoms. The maximum absolute atomic E-state index is 8.81. The average Bonchev–Trinajstić information content (AvgIpc) is 2.60. The highest BCUT2D eigenvalue weighted by atomic mass is 79.9. The van der Waals surface area contributed by atoms with Crippen LogP contribution in [-0.2, 0) is 0 Å². The molecule has 4 heteroatoms. The van der Waals surface area contributed by atoms with Crippen molar-refractivity contribution in [3.05, 3.63) is 28.2 Å². The number of benzene rings is 1. The van der Waals surface area contributed by atoms with Gasteiger partial charge in [-0.25, -0.2) is 0 Å². The van der Waals surface area contributed by atoms with Gasteiger partial charge in [-0.05, 0) is 47.5 Å². The molecule has 0 aliphatic carbocycles. The third-order valence-corrected chi connectivity index (χ3v) is 3.84. The van der Waals surface area contributed by atoms with Crippen molar-refractivity contribution in [2.24, 2.45) is 5.73 Å². The Hall–Kier alpha value is -1.05. The minimum atomic E-state index is 0.238. The molecule has 1 saturated heterocycles. The molecule has 1 aliphatic rings. The maximum atomic E-state index is 8.81. The van der Waals surface area contributed by atoms with Crippen LogP contribution in [0, 0.1) is 11.3 Å². The zero-order chi connectivity index (χ0) is 11.7. The number of rotatable bonds is 1. The summed E-state index contributed by atoms with van der Waals surface area (Å²) >= 11 is 3.51. The molecule has 3 nitrogen and oxygen atoms in total. The van der Waals surface area contributed by atoms with Crippen molar-refractivity contribution in [3.8, 4) is 6.07 Å². The van der Waals surface area contributed by atoms with Crippen LogP contribution in [0.4, 0.5) is 5.69 Å². The third kappa shape index (κ3) is 1.93. The van der Waals surface area contributed by atoms with Gasteiger partial charge in [-0.1, -0.05) is 0 Å². The molecular formula is C12H14BrN3. The predicted octanol–water partition coefficient (Wildman–Crippen LogP) is 2.25. The Bertz CT molecular complexity index is 438. The second kappa shape index (κ2) is 4.44. The van der Waals surface area contributed by atoms with Crippen molar-refractivity contribution in [3.63, 3.8) is 0 Å². The van der Waals surface area contributed by atoms with E-state index < -0.39 is 0 Å². The molecule has 2 rings (SSSR count). The number of nitrogens with two attached hydrogens (primary N) is 1. The summed E-state index contributed by atoms with van der Waals surface area (Å²) in [7, 11) is 0. The number of nitrogens with zero attached hydrogens (tertiary/aromatic N) is 2. The highest BCUT2D eigenvalue weighted by Crippen LogP contribution is 2.32. The third-order valence-electron chi connectivity index (χ3n) is 3.20. The molecule has 1 aromatic rings. The van der Waals surface area contributed by atoms with Crippen molar-refractivity contribution in [2.45, 2.75) is 25.4 Å². The Morgan fingerprint density at radius 3 is 2.81 bits per heavy atom. The van der Waals surface area contributed by atoms with Crippen molar-refractivity contribution in [1.29, 1.82) is 5.26 Å². The molecular weight excluding hydrogens is 266 g/mol. The lowest BCUT2D eigenvalue weighted by Gasteiger charge is -2.26. The smallest absolute Gasteiger partial charge is 0.0992 e. The quantitative estimate of drug-likeness (QED) is 0.858. The first kappa shape index (κ1) is 11.4. The minimum Gasteiger partial charge on any atom is -0.366 e. The van der Waals surface area contributed by atoms with Gasteiger partial charge in [0, 0.05) is 23.1 Å². The van der Waals surface area contributed by atoms with E-state index in [0.717, 1.165) is 23.1 Å². The maximum Gasteiger partial charge on any atom is 0.0992 e. The van der Waals surface area contributed by atoms with Crippen LogP contribution in [0.15, 0.2) is 22.7 Å². The Labute approximate surface area is 104 Å². The summed E-state index contributed by atoms with van der Waals surface area (Å²) in [6.07, 6.45) is 1.02. The molecule has 84 valence electrons. The summed E-state index contributed by atoms with van der Waals surface area (Å²) in [5.74, 6) is 0. The van der Waals surface area contributed by atoms with E-state index in [1.54, 1.807) is 0 Å². The monoisotopic (exact) mass is 279 g/mol. The van der Waals surface area contributed by atoms with E-state index in [4.69, 9.17) is 11.0 Å². The van der Waals surface area contributed by atoms with Crippen molar-refractivity contribution < 1.29 is 0 Å². The van der Waals surface area contributed by atoms with Crippen LogP contribution >= 0.6 is 15.9 Å². The van der Waals surface area contributed by atoms with Gasteiger partial charge in [-0.2, -0.15) is 5.26 Å². The number of halogens is 1. The molecule has 2 N–H and O–H groups in total. The van der Waals surface area contributed by atoms with Gasteiger partial charge < -0.3 is 10.6 Å². The van der Waals surface area contributed by atoms with Gasteiger partial charge in [-0.15, -0.1) is 0 Å². The van der Waals surface area contributed by atoms with Crippen LogP contribution in [0.5, 0.6) is 0 Å². The second-order valence-corrected chi connectivity index (χ2v) is 5.02.